The molecular formula is C20H15ClF4N6O2. The highest BCUT2D eigenvalue weighted by Gasteiger charge is 2.41. The average molecular weight is 483 g/mol. The molecule has 0 spiro atoms. The number of ether oxygens (including phenoxy) is 1. The number of carbonyl (C=O) groups excluding carboxylic acids is 1. The van der Waals surface area contributed by atoms with Crippen molar-refractivity contribution in [2.24, 2.45) is 0 Å². The van der Waals surface area contributed by atoms with Crippen LogP contribution in [0.4, 0.5) is 23.2 Å². The number of pyridine rings is 2. The Hall–Kier alpha value is -3.51. The number of nitrogens with one attached hydrogen (secondary N) is 1. The number of nitrogens with zero attached hydrogens (tertiary/aromatic N) is 5. The monoisotopic (exact) mass is 482 g/mol. The van der Waals surface area contributed by atoms with Gasteiger partial charge in [0.25, 0.3) is 5.91 Å². The van der Waals surface area contributed by atoms with Gasteiger partial charge in [0, 0.05) is 19.5 Å². The van der Waals surface area contributed by atoms with E-state index in [4.69, 9.17) is 16.3 Å². The number of imidazole rings is 1. The van der Waals surface area contributed by atoms with Crippen molar-refractivity contribution in [2.75, 3.05) is 12.4 Å². The second-order valence-corrected chi connectivity index (χ2v) is 7.31. The molecule has 0 aliphatic carbocycles. The van der Waals surface area contributed by atoms with Gasteiger partial charge in [-0.1, -0.05) is 11.6 Å². The van der Waals surface area contributed by atoms with Crippen molar-refractivity contribution >= 4 is 28.8 Å². The minimum atomic E-state index is -4.96. The lowest BCUT2D eigenvalue weighted by Crippen LogP contribution is -2.21. The van der Waals surface area contributed by atoms with Gasteiger partial charge in [0.15, 0.2) is 17.2 Å². The molecule has 1 atom stereocenters. The van der Waals surface area contributed by atoms with Crippen LogP contribution in [-0.2, 0) is 10.9 Å². The molecule has 0 aromatic carbocycles. The standard InChI is InChI=1S/C20H15ClF4N6O2/c1-10(33-2)16-13(21)7-11(8-27-16)29-19(32)12-9-28-31(17(12)20(23,24)25)15-4-3-14(22)18-26-5-6-30(15)18/h3-10H,1-2H3,(H,29,32)/t10-/m1/s1. The van der Waals surface area contributed by atoms with Crippen LogP contribution in [0.3, 0.4) is 0 Å². The van der Waals surface area contributed by atoms with Gasteiger partial charge in [0.2, 0.25) is 0 Å². The van der Waals surface area contributed by atoms with E-state index < -0.39 is 35.3 Å². The lowest BCUT2D eigenvalue weighted by molar-refractivity contribution is -0.143. The maximum absolute atomic E-state index is 14.0. The molecule has 0 saturated heterocycles. The lowest BCUT2D eigenvalue weighted by atomic mass is 10.2. The van der Waals surface area contributed by atoms with Crippen LogP contribution in [0.5, 0.6) is 0 Å². The molecule has 0 saturated carbocycles. The number of fused-ring (bicyclic) bond motifs is 1. The number of hydrogen-bond acceptors (Lipinski definition) is 5. The zero-order valence-corrected chi connectivity index (χ0v) is 17.8. The number of alkyl halides is 3. The smallest absolute Gasteiger partial charge is 0.375 e. The predicted molar refractivity (Wildman–Crippen MR) is 110 cm³/mol. The highest BCUT2D eigenvalue weighted by Crippen LogP contribution is 2.34. The summed E-state index contributed by atoms with van der Waals surface area (Å²) < 4.78 is 62.6. The number of halogens is 5. The molecule has 172 valence electrons. The SMILES string of the molecule is CO[C@H](C)c1ncc(NC(=O)c2cnn(-c3ccc(F)c4nccn34)c2C(F)(F)F)cc1Cl. The second-order valence-electron chi connectivity index (χ2n) is 6.90. The van der Waals surface area contributed by atoms with E-state index in [1.807, 2.05) is 0 Å². The molecule has 8 nitrogen and oxygen atoms in total. The van der Waals surface area contributed by atoms with Crippen LogP contribution in [0.2, 0.25) is 5.02 Å². The summed E-state index contributed by atoms with van der Waals surface area (Å²) in [7, 11) is 1.47. The van der Waals surface area contributed by atoms with Gasteiger partial charge in [-0.2, -0.15) is 18.3 Å². The van der Waals surface area contributed by atoms with Crippen molar-refractivity contribution in [3.05, 3.63) is 70.8 Å². The lowest BCUT2D eigenvalue weighted by Gasteiger charge is -2.15. The van der Waals surface area contributed by atoms with Crippen LogP contribution in [0.1, 0.15) is 34.8 Å². The predicted octanol–water partition coefficient (Wildman–Crippen LogP) is 4.69. The van der Waals surface area contributed by atoms with E-state index in [2.05, 4.69) is 20.4 Å². The molecule has 4 heterocycles. The maximum Gasteiger partial charge on any atom is 0.434 e. The van der Waals surface area contributed by atoms with Gasteiger partial charge in [-0.25, -0.2) is 14.1 Å². The van der Waals surface area contributed by atoms with Gasteiger partial charge in [0.1, 0.15) is 5.82 Å². The molecule has 0 fully saturated rings. The highest BCUT2D eigenvalue weighted by atomic mass is 35.5. The zero-order valence-electron chi connectivity index (χ0n) is 17.1. The minimum absolute atomic E-state index is 0.0803. The van der Waals surface area contributed by atoms with E-state index in [-0.39, 0.29) is 22.2 Å². The number of methoxy groups -OCH3 is 1. The molecule has 4 rings (SSSR count). The Morgan fingerprint density at radius 3 is 2.67 bits per heavy atom. The maximum atomic E-state index is 14.0. The van der Waals surface area contributed by atoms with E-state index in [1.54, 1.807) is 6.92 Å². The molecule has 4 aromatic heterocycles. The second kappa shape index (κ2) is 8.45. The Morgan fingerprint density at radius 1 is 1.24 bits per heavy atom. The first kappa shape index (κ1) is 22.7. The number of rotatable bonds is 5. The fourth-order valence-electron chi connectivity index (χ4n) is 3.23. The van der Waals surface area contributed by atoms with Crippen LogP contribution in [0.25, 0.3) is 11.5 Å². The number of anilines is 1. The summed E-state index contributed by atoms with van der Waals surface area (Å²) in [5, 5.41) is 6.26. The molecule has 0 unspecified atom stereocenters. The molecule has 1 amide bonds. The summed E-state index contributed by atoms with van der Waals surface area (Å²) in [5.41, 5.74) is -1.79. The zero-order chi connectivity index (χ0) is 23.9. The molecule has 33 heavy (non-hydrogen) atoms. The Labute approximate surface area is 188 Å². The van der Waals surface area contributed by atoms with Crippen LogP contribution in [0.15, 0.2) is 43.0 Å². The summed E-state index contributed by atoms with van der Waals surface area (Å²) in [6, 6.07) is 3.42. The quantitative estimate of drug-likeness (QED) is 0.417. The van der Waals surface area contributed by atoms with Crippen molar-refractivity contribution < 1.29 is 27.1 Å². The van der Waals surface area contributed by atoms with E-state index in [0.717, 1.165) is 22.7 Å². The first-order valence-electron chi connectivity index (χ1n) is 9.38. The number of hydrogen-bond donors (Lipinski definition) is 1. The Bertz CT molecular complexity index is 1350. The summed E-state index contributed by atoms with van der Waals surface area (Å²) in [6.45, 7) is 1.71. The normalized spacial score (nSPS) is 12.8. The topological polar surface area (TPSA) is 86.3 Å². The molecule has 0 aliphatic heterocycles. The van der Waals surface area contributed by atoms with Crippen molar-refractivity contribution in [1.82, 2.24) is 24.1 Å². The van der Waals surface area contributed by atoms with Gasteiger partial charge in [0.05, 0.1) is 40.5 Å². The number of amides is 1. The van der Waals surface area contributed by atoms with E-state index in [1.165, 1.54) is 31.8 Å². The minimum Gasteiger partial charge on any atom is -0.375 e. The fraction of sp³-hybridized carbons (Fsp3) is 0.200. The van der Waals surface area contributed by atoms with E-state index in [0.29, 0.717) is 10.4 Å². The molecular weight excluding hydrogens is 468 g/mol. The average Bonchev–Trinajstić information content (AvgIpc) is 3.41. The highest BCUT2D eigenvalue weighted by molar-refractivity contribution is 6.31. The Kier molecular flexibility index (Phi) is 5.80. The largest absolute Gasteiger partial charge is 0.434 e. The van der Waals surface area contributed by atoms with Crippen molar-refractivity contribution in [1.29, 1.82) is 0 Å². The fourth-order valence-corrected chi connectivity index (χ4v) is 3.55. The molecule has 4 aromatic rings. The Balaban J connectivity index is 1.74. The summed E-state index contributed by atoms with van der Waals surface area (Å²) in [5.74, 6) is -1.96. The van der Waals surface area contributed by atoms with Gasteiger partial charge in [-0.3, -0.25) is 14.2 Å². The first-order chi connectivity index (χ1) is 15.6. The first-order valence-corrected chi connectivity index (χ1v) is 9.76. The van der Waals surface area contributed by atoms with Crippen LogP contribution >= 0.6 is 11.6 Å². The van der Waals surface area contributed by atoms with E-state index in [9.17, 15) is 22.4 Å². The molecule has 0 bridgehead atoms. The molecule has 0 radical (unpaired) electrons. The van der Waals surface area contributed by atoms with Gasteiger partial charge in [-0.15, -0.1) is 0 Å². The van der Waals surface area contributed by atoms with Crippen LogP contribution < -0.4 is 5.32 Å². The molecule has 1 N–H and O–H groups in total. The summed E-state index contributed by atoms with van der Waals surface area (Å²) >= 11 is 6.15. The van der Waals surface area contributed by atoms with Crippen LogP contribution in [-0.4, -0.2) is 37.2 Å². The van der Waals surface area contributed by atoms with Crippen molar-refractivity contribution in [3.63, 3.8) is 0 Å². The number of carbonyl (C=O) groups is 1. The third-order valence-electron chi connectivity index (χ3n) is 4.85. The number of aromatic nitrogens is 5. The van der Waals surface area contributed by atoms with E-state index >= 15 is 0 Å². The van der Waals surface area contributed by atoms with Gasteiger partial charge in [-0.05, 0) is 25.1 Å². The van der Waals surface area contributed by atoms with Gasteiger partial charge >= 0.3 is 6.18 Å². The third kappa shape index (κ3) is 4.14. The molecule has 0 aliphatic rings. The van der Waals surface area contributed by atoms with Gasteiger partial charge < -0.3 is 10.1 Å². The van der Waals surface area contributed by atoms with Crippen LogP contribution in [0, 0.1) is 5.82 Å². The van der Waals surface area contributed by atoms with Crippen molar-refractivity contribution in [2.45, 2.75) is 19.2 Å². The Morgan fingerprint density at radius 2 is 2.00 bits per heavy atom. The summed E-state index contributed by atoms with van der Waals surface area (Å²) in [4.78, 5) is 20.6. The molecule has 13 heteroatoms. The third-order valence-corrected chi connectivity index (χ3v) is 5.15. The summed E-state index contributed by atoms with van der Waals surface area (Å²) in [6.07, 6.45) is -0.837. The van der Waals surface area contributed by atoms with Crippen molar-refractivity contribution in [3.8, 4) is 5.82 Å².